The van der Waals surface area contributed by atoms with Crippen LogP contribution in [0, 0.1) is 11.8 Å². The summed E-state index contributed by atoms with van der Waals surface area (Å²) in [4.78, 5) is 32.5. The van der Waals surface area contributed by atoms with Gasteiger partial charge in [0.15, 0.2) is 0 Å². The van der Waals surface area contributed by atoms with Crippen molar-refractivity contribution in [2.45, 2.75) is 39.0 Å². The number of aromatic nitrogens is 2. The Kier molecular flexibility index (Phi) is 5.66. The van der Waals surface area contributed by atoms with Gasteiger partial charge < -0.3 is 4.74 Å². The number of nitrogens with one attached hydrogen (secondary N) is 1. The zero-order chi connectivity index (χ0) is 15.1. The van der Waals surface area contributed by atoms with Crippen LogP contribution in [0.5, 0.6) is 0 Å². The molecule has 0 saturated heterocycles. The third-order valence-corrected chi connectivity index (χ3v) is 3.75. The van der Waals surface area contributed by atoms with E-state index < -0.39 is 11.9 Å². The van der Waals surface area contributed by atoms with Gasteiger partial charge in [-0.1, -0.05) is 19.3 Å². The summed E-state index contributed by atoms with van der Waals surface area (Å²) in [5.74, 6) is -1.33. The van der Waals surface area contributed by atoms with Crippen LogP contribution in [-0.4, -0.2) is 28.5 Å². The van der Waals surface area contributed by atoms with Crippen LogP contribution in [0.2, 0.25) is 0 Å². The van der Waals surface area contributed by atoms with E-state index in [2.05, 4.69) is 15.3 Å². The molecule has 114 valence electrons. The average molecular weight is 291 g/mol. The van der Waals surface area contributed by atoms with E-state index in [9.17, 15) is 9.59 Å². The van der Waals surface area contributed by atoms with E-state index in [4.69, 9.17) is 4.74 Å². The molecule has 2 rings (SSSR count). The monoisotopic (exact) mass is 291 g/mol. The number of hydrogen-bond acceptors (Lipinski definition) is 5. The molecule has 0 radical (unpaired) electrons. The fourth-order valence-corrected chi connectivity index (χ4v) is 2.76. The standard InChI is InChI=1S/C15H21N3O3/c1-2-21-14(20)12(11-7-4-3-5-8-11)13(19)18-15-16-9-6-10-17-15/h6,9-12H,2-5,7-8H2,1H3,(H,16,17,18,19)/t12-/m1/s1. The number of carbonyl (C=O) groups is 2. The molecule has 1 saturated carbocycles. The van der Waals surface area contributed by atoms with E-state index in [1.807, 2.05) is 0 Å². The Bertz CT molecular complexity index is 472. The molecule has 0 spiro atoms. The summed E-state index contributed by atoms with van der Waals surface area (Å²) < 4.78 is 5.08. The van der Waals surface area contributed by atoms with Gasteiger partial charge in [-0.2, -0.15) is 0 Å². The molecule has 1 aliphatic rings. The second-order valence-electron chi connectivity index (χ2n) is 5.19. The summed E-state index contributed by atoms with van der Waals surface area (Å²) >= 11 is 0. The number of anilines is 1. The maximum Gasteiger partial charge on any atom is 0.318 e. The van der Waals surface area contributed by atoms with Crippen molar-refractivity contribution in [1.29, 1.82) is 0 Å². The van der Waals surface area contributed by atoms with Crippen molar-refractivity contribution < 1.29 is 14.3 Å². The summed E-state index contributed by atoms with van der Waals surface area (Å²) in [5, 5.41) is 2.62. The van der Waals surface area contributed by atoms with Crippen molar-refractivity contribution in [2.24, 2.45) is 11.8 Å². The number of nitrogens with zero attached hydrogens (tertiary/aromatic N) is 2. The first-order valence-corrected chi connectivity index (χ1v) is 7.47. The maximum atomic E-state index is 12.4. The molecule has 1 aromatic heterocycles. The first kappa shape index (κ1) is 15.4. The molecule has 1 atom stereocenters. The zero-order valence-electron chi connectivity index (χ0n) is 12.2. The number of amides is 1. The van der Waals surface area contributed by atoms with Crippen molar-refractivity contribution in [3.8, 4) is 0 Å². The number of carbonyl (C=O) groups excluding carboxylic acids is 2. The molecular formula is C15H21N3O3. The van der Waals surface area contributed by atoms with E-state index >= 15 is 0 Å². The summed E-state index contributed by atoms with van der Waals surface area (Å²) in [5.41, 5.74) is 0. The summed E-state index contributed by atoms with van der Waals surface area (Å²) in [7, 11) is 0. The Morgan fingerprint density at radius 3 is 2.57 bits per heavy atom. The highest BCUT2D eigenvalue weighted by Gasteiger charge is 2.36. The summed E-state index contributed by atoms with van der Waals surface area (Å²) in [6.07, 6.45) is 8.12. The Morgan fingerprint density at radius 2 is 1.95 bits per heavy atom. The second-order valence-corrected chi connectivity index (χ2v) is 5.19. The Morgan fingerprint density at radius 1 is 1.29 bits per heavy atom. The first-order chi connectivity index (χ1) is 10.2. The van der Waals surface area contributed by atoms with E-state index in [1.165, 1.54) is 0 Å². The van der Waals surface area contributed by atoms with Crippen LogP contribution >= 0.6 is 0 Å². The first-order valence-electron chi connectivity index (χ1n) is 7.47. The van der Waals surface area contributed by atoms with Crippen LogP contribution in [0.3, 0.4) is 0 Å². The lowest BCUT2D eigenvalue weighted by Crippen LogP contribution is -2.38. The quantitative estimate of drug-likeness (QED) is 0.664. The van der Waals surface area contributed by atoms with Gasteiger partial charge in [0, 0.05) is 12.4 Å². The van der Waals surface area contributed by atoms with Gasteiger partial charge in [0.25, 0.3) is 0 Å². The van der Waals surface area contributed by atoms with Crippen LogP contribution in [0.15, 0.2) is 18.5 Å². The topological polar surface area (TPSA) is 81.2 Å². The van der Waals surface area contributed by atoms with Crippen molar-refractivity contribution >= 4 is 17.8 Å². The fourth-order valence-electron chi connectivity index (χ4n) is 2.76. The van der Waals surface area contributed by atoms with E-state index in [1.54, 1.807) is 25.4 Å². The number of ether oxygens (including phenoxy) is 1. The van der Waals surface area contributed by atoms with Crippen molar-refractivity contribution in [1.82, 2.24) is 9.97 Å². The highest BCUT2D eigenvalue weighted by molar-refractivity contribution is 6.04. The molecule has 1 heterocycles. The minimum absolute atomic E-state index is 0.0431. The van der Waals surface area contributed by atoms with Gasteiger partial charge in [-0.05, 0) is 31.7 Å². The van der Waals surface area contributed by atoms with Gasteiger partial charge >= 0.3 is 5.97 Å². The van der Waals surface area contributed by atoms with Crippen LogP contribution in [0.25, 0.3) is 0 Å². The third kappa shape index (κ3) is 4.24. The molecule has 0 bridgehead atoms. The molecule has 6 heteroatoms. The molecule has 6 nitrogen and oxygen atoms in total. The van der Waals surface area contributed by atoms with Crippen LogP contribution in [0.1, 0.15) is 39.0 Å². The second kappa shape index (κ2) is 7.71. The van der Waals surface area contributed by atoms with Gasteiger partial charge in [0.2, 0.25) is 11.9 Å². The average Bonchev–Trinajstić information content (AvgIpc) is 2.50. The molecule has 1 aliphatic carbocycles. The van der Waals surface area contributed by atoms with Crippen LogP contribution in [-0.2, 0) is 14.3 Å². The van der Waals surface area contributed by atoms with Crippen molar-refractivity contribution in [3.63, 3.8) is 0 Å². The molecule has 0 unspecified atom stereocenters. The summed E-state index contributed by atoms with van der Waals surface area (Å²) in [6, 6.07) is 1.67. The number of esters is 1. The molecule has 1 amide bonds. The molecule has 0 aromatic carbocycles. The lowest BCUT2D eigenvalue weighted by atomic mass is 9.79. The minimum Gasteiger partial charge on any atom is -0.465 e. The Labute approximate surface area is 124 Å². The smallest absolute Gasteiger partial charge is 0.318 e. The Balaban J connectivity index is 2.09. The molecule has 21 heavy (non-hydrogen) atoms. The highest BCUT2D eigenvalue weighted by Crippen LogP contribution is 2.31. The molecule has 1 N–H and O–H groups in total. The molecule has 1 fully saturated rings. The van der Waals surface area contributed by atoms with Crippen molar-refractivity contribution in [3.05, 3.63) is 18.5 Å². The van der Waals surface area contributed by atoms with Gasteiger partial charge in [-0.25, -0.2) is 9.97 Å². The van der Waals surface area contributed by atoms with Crippen molar-refractivity contribution in [2.75, 3.05) is 11.9 Å². The van der Waals surface area contributed by atoms with Gasteiger partial charge in [-0.3, -0.25) is 14.9 Å². The van der Waals surface area contributed by atoms with Gasteiger partial charge in [0.05, 0.1) is 6.61 Å². The third-order valence-electron chi connectivity index (χ3n) is 3.75. The SMILES string of the molecule is CCOC(=O)[C@@H](C(=O)Nc1ncccn1)C1CCCCC1. The largest absolute Gasteiger partial charge is 0.465 e. The predicted molar refractivity (Wildman–Crippen MR) is 77.4 cm³/mol. The molecule has 0 aliphatic heterocycles. The Hall–Kier alpha value is -1.98. The maximum absolute atomic E-state index is 12.4. The highest BCUT2D eigenvalue weighted by atomic mass is 16.5. The predicted octanol–water partition coefficient (Wildman–Crippen LogP) is 2.17. The lowest BCUT2D eigenvalue weighted by molar-refractivity contribution is -0.153. The number of hydrogen-bond donors (Lipinski definition) is 1. The van der Waals surface area contributed by atoms with E-state index in [0.717, 1.165) is 32.1 Å². The van der Waals surface area contributed by atoms with Crippen LogP contribution in [0.4, 0.5) is 5.95 Å². The fraction of sp³-hybridized carbons (Fsp3) is 0.600. The lowest BCUT2D eigenvalue weighted by Gasteiger charge is -2.27. The number of rotatable bonds is 5. The normalized spacial score (nSPS) is 17.0. The van der Waals surface area contributed by atoms with Crippen LogP contribution < -0.4 is 5.32 Å². The van der Waals surface area contributed by atoms with E-state index in [-0.39, 0.29) is 24.4 Å². The zero-order valence-corrected chi connectivity index (χ0v) is 12.2. The van der Waals surface area contributed by atoms with E-state index in [0.29, 0.717) is 0 Å². The summed E-state index contributed by atoms with van der Waals surface area (Å²) in [6.45, 7) is 2.02. The van der Waals surface area contributed by atoms with Gasteiger partial charge in [0.1, 0.15) is 5.92 Å². The minimum atomic E-state index is -0.769. The van der Waals surface area contributed by atoms with Gasteiger partial charge in [-0.15, -0.1) is 0 Å². The molecule has 1 aromatic rings. The molecular weight excluding hydrogens is 270 g/mol.